The molecule has 1 aliphatic heterocycles. The van der Waals surface area contributed by atoms with E-state index in [-0.39, 0.29) is 24.3 Å². The lowest BCUT2D eigenvalue weighted by atomic mass is 10.0. The summed E-state index contributed by atoms with van der Waals surface area (Å²) in [6.07, 6.45) is 2.79. The highest BCUT2D eigenvalue weighted by atomic mass is 79.9. The average molecular weight is 314 g/mol. The summed E-state index contributed by atoms with van der Waals surface area (Å²) in [5, 5.41) is 19.1. The minimum absolute atomic E-state index is 0.0248. The Morgan fingerprint density at radius 2 is 2.22 bits per heavy atom. The molecule has 5 heteroatoms. The minimum Gasteiger partial charge on any atom is -0.507 e. The smallest absolute Gasteiger partial charge is 0.257 e. The fraction of sp³-hybridized carbons (Fsp3) is 0.462. The van der Waals surface area contributed by atoms with Crippen LogP contribution < -0.4 is 0 Å². The highest BCUT2D eigenvalue weighted by Gasteiger charge is 2.28. The lowest BCUT2D eigenvalue weighted by Crippen LogP contribution is -2.45. The molecule has 1 fully saturated rings. The number of amides is 1. The van der Waals surface area contributed by atoms with Gasteiger partial charge in [0.05, 0.1) is 18.2 Å². The van der Waals surface area contributed by atoms with E-state index in [0.29, 0.717) is 12.1 Å². The van der Waals surface area contributed by atoms with E-state index in [4.69, 9.17) is 0 Å². The van der Waals surface area contributed by atoms with Gasteiger partial charge in [-0.05, 0) is 37.5 Å². The van der Waals surface area contributed by atoms with Crippen LogP contribution in [-0.4, -0.2) is 40.2 Å². The Kier molecular flexibility index (Phi) is 4.24. The fourth-order valence-corrected chi connectivity index (χ4v) is 2.65. The first-order valence-corrected chi connectivity index (χ1v) is 6.83. The first-order chi connectivity index (χ1) is 8.63. The lowest BCUT2D eigenvalue weighted by molar-refractivity contribution is 0.0500. The number of likely N-dealkylation sites (tertiary alicyclic amines) is 1. The molecule has 0 bridgehead atoms. The van der Waals surface area contributed by atoms with Crippen LogP contribution in [0.4, 0.5) is 0 Å². The predicted octanol–water partition coefficient (Wildman–Crippen LogP) is 2.14. The topological polar surface area (TPSA) is 60.8 Å². The van der Waals surface area contributed by atoms with Gasteiger partial charge in [-0.3, -0.25) is 4.79 Å². The van der Waals surface area contributed by atoms with Crippen LogP contribution in [-0.2, 0) is 0 Å². The monoisotopic (exact) mass is 313 g/mol. The second-order valence-corrected chi connectivity index (χ2v) is 5.41. The maximum absolute atomic E-state index is 12.3. The van der Waals surface area contributed by atoms with Crippen LogP contribution >= 0.6 is 15.9 Å². The molecule has 0 saturated carbocycles. The van der Waals surface area contributed by atoms with Gasteiger partial charge in [0.15, 0.2) is 0 Å². The number of benzene rings is 1. The van der Waals surface area contributed by atoms with Crippen molar-refractivity contribution >= 4 is 21.8 Å². The van der Waals surface area contributed by atoms with Gasteiger partial charge in [-0.25, -0.2) is 0 Å². The molecular weight excluding hydrogens is 298 g/mol. The van der Waals surface area contributed by atoms with Crippen molar-refractivity contribution in [2.45, 2.75) is 25.3 Å². The summed E-state index contributed by atoms with van der Waals surface area (Å²) in [6, 6.07) is 4.70. The average Bonchev–Trinajstić information content (AvgIpc) is 2.38. The molecule has 1 aromatic rings. The molecule has 98 valence electrons. The van der Waals surface area contributed by atoms with Crippen LogP contribution in [0.15, 0.2) is 22.7 Å². The number of hydrogen-bond donors (Lipinski definition) is 2. The molecule has 0 aromatic heterocycles. The minimum atomic E-state index is -0.209. The number of rotatable bonds is 2. The van der Waals surface area contributed by atoms with Crippen molar-refractivity contribution in [2.24, 2.45) is 0 Å². The van der Waals surface area contributed by atoms with Gasteiger partial charge in [0, 0.05) is 11.0 Å². The first kappa shape index (κ1) is 13.4. The van der Waals surface area contributed by atoms with Crippen molar-refractivity contribution in [1.82, 2.24) is 4.90 Å². The maximum Gasteiger partial charge on any atom is 0.257 e. The van der Waals surface area contributed by atoms with Crippen molar-refractivity contribution < 1.29 is 15.0 Å². The van der Waals surface area contributed by atoms with E-state index in [2.05, 4.69) is 15.9 Å². The number of carbonyl (C=O) groups is 1. The second kappa shape index (κ2) is 5.71. The van der Waals surface area contributed by atoms with Gasteiger partial charge in [-0.2, -0.15) is 0 Å². The Morgan fingerprint density at radius 1 is 1.44 bits per heavy atom. The number of phenolic OH excluding ortho intramolecular Hbond substituents is 1. The van der Waals surface area contributed by atoms with Crippen molar-refractivity contribution in [3.05, 3.63) is 28.2 Å². The summed E-state index contributed by atoms with van der Waals surface area (Å²) in [6.45, 7) is 0.614. The Labute approximate surface area is 114 Å². The number of halogens is 1. The molecule has 0 aliphatic carbocycles. The highest BCUT2D eigenvalue weighted by molar-refractivity contribution is 9.10. The standard InChI is InChI=1S/C13H16BrNO3/c14-9-4-5-11(12(17)7-9)13(18)15-6-2-1-3-10(15)8-16/h4-5,7,10,16-17H,1-3,6,8H2. The molecule has 1 unspecified atom stereocenters. The van der Waals surface area contributed by atoms with Crippen molar-refractivity contribution in [3.63, 3.8) is 0 Å². The molecule has 18 heavy (non-hydrogen) atoms. The van der Waals surface area contributed by atoms with Crippen LogP contribution in [0, 0.1) is 0 Å². The number of aliphatic hydroxyl groups excluding tert-OH is 1. The number of aliphatic hydroxyl groups is 1. The van der Waals surface area contributed by atoms with Gasteiger partial charge < -0.3 is 15.1 Å². The number of carbonyl (C=O) groups excluding carboxylic acids is 1. The summed E-state index contributed by atoms with van der Waals surface area (Å²) in [5.74, 6) is -0.240. The van der Waals surface area contributed by atoms with Crippen LogP contribution in [0.2, 0.25) is 0 Å². The highest BCUT2D eigenvalue weighted by Crippen LogP contribution is 2.26. The third-order valence-electron chi connectivity index (χ3n) is 3.29. The largest absolute Gasteiger partial charge is 0.507 e. The normalized spacial score (nSPS) is 19.9. The van der Waals surface area contributed by atoms with Crippen molar-refractivity contribution in [2.75, 3.05) is 13.2 Å². The molecule has 2 rings (SSSR count). The van der Waals surface area contributed by atoms with E-state index >= 15 is 0 Å². The molecule has 2 N–H and O–H groups in total. The van der Waals surface area contributed by atoms with E-state index in [9.17, 15) is 15.0 Å². The van der Waals surface area contributed by atoms with Gasteiger partial charge in [-0.1, -0.05) is 15.9 Å². The van der Waals surface area contributed by atoms with Gasteiger partial charge in [0.2, 0.25) is 0 Å². The third-order valence-corrected chi connectivity index (χ3v) is 3.78. The number of hydrogen-bond acceptors (Lipinski definition) is 3. The summed E-state index contributed by atoms with van der Waals surface area (Å²) >= 11 is 3.24. The summed E-state index contributed by atoms with van der Waals surface area (Å²) in [4.78, 5) is 14.0. The van der Waals surface area contributed by atoms with Crippen LogP contribution in [0.5, 0.6) is 5.75 Å². The van der Waals surface area contributed by atoms with Gasteiger partial charge in [-0.15, -0.1) is 0 Å². The SMILES string of the molecule is O=C(c1ccc(Br)cc1O)N1CCCCC1CO. The summed E-state index contributed by atoms with van der Waals surface area (Å²) < 4.78 is 0.730. The Balaban J connectivity index is 2.24. The maximum atomic E-state index is 12.3. The lowest BCUT2D eigenvalue weighted by Gasteiger charge is -2.34. The van der Waals surface area contributed by atoms with Crippen molar-refractivity contribution in [3.8, 4) is 5.75 Å². The molecular formula is C13H16BrNO3. The zero-order chi connectivity index (χ0) is 13.1. The molecule has 0 radical (unpaired) electrons. The van der Waals surface area contributed by atoms with Crippen LogP contribution in [0.25, 0.3) is 0 Å². The Bertz CT molecular complexity index is 450. The van der Waals surface area contributed by atoms with Gasteiger partial charge >= 0.3 is 0 Å². The van der Waals surface area contributed by atoms with Crippen molar-refractivity contribution in [1.29, 1.82) is 0 Å². The zero-order valence-electron chi connectivity index (χ0n) is 9.97. The number of piperidine rings is 1. The molecule has 1 amide bonds. The van der Waals surface area contributed by atoms with E-state index in [1.165, 1.54) is 6.07 Å². The molecule has 1 heterocycles. The van der Waals surface area contributed by atoms with E-state index < -0.39 is 0 Å². The van der Waals surface area contributed by atoms with E-state index in [1.54, 1.807) is 17.0 Å². The predicted molar refractivity (Wildman–Crippen MR) is 71.6 cm³/mol. The quantitative estimate of drug-likeness (QED) is 0.879. The van der Waals surface area contributed by atoms with Gasteiger partial charge in [0.1, 0.15) is 5.75 Å². The number of phenols is 1. The molecule has 1 atom stereocenters. The number of aromatic hydroxyl groups is 1. The zero-order valence-corrected chi connectivity index (χ0v) is 11.6. The fourth-order valence-electron chi connectivity index (χ4n) is 2.30. The molecule has 0 spiro atoms. The molecule has 1 saturated heterocycles. The molecule has 1 aromatic carbocycles. The van der Waals surface area contributed by atoms with Gasteiger partial charge in [0.25, 0.3) is 5.91 Å². The third kappa shape index (κ3) is 2.67. The van der Waals surface area contributed by atoms with E-state index in [1.807, 2.05) is 0 Å². The summed E-state index contributed by atoms with van der Waals surface area (Å²) in [5.41, 5.74) is 0.290. The Hall–Kier alpha value is -1.07. The number of nitrogens with zero attached hydrogens (tertiary/aromatic N) is 1. The second-order valence-electron chi connectivity index (χ2n) is 4.49. The first-order valence-electron chi connectivity index (χ1n) is 6.04. The van der Waals surface area contributed by atoms with Crippen LogP contribution in [0.3, 0.4) is 0 Å². The Morgan fingerprint density at radius 3 is 2.89 bits per heavy atom. The summed E-state index contributed by atoms with van der Waals surface area (Å²) in [7, 11) is 0. The van der Waals surface area contributed by atoms with E-state index in [0.717, 1.165) is 23.7 Å². The van der Waals surface area contributed by atoms with Crippen LogP contribution in [0.1, 0.15) is 29.6 Å². The molecule has 1 aliphatic rings. The molecule has 4 nitrogen and oxygen atoms in total.